The summed E-state index contributed by atoms with van der Waals surface area (Å²) in [6.07, 6.45) is -5.12. The molecule has 0 saturated heterocycles. The Morgan fingerprint density at radius 1 is 1.09 bits per heavy atom. The topological polar surface area (TPSA) is 0 Å². The second kappa shape index (κ2) is 3.60. The first-order chi connectivity index (χ1) is 4.81. The molecule has 0 saturated carbocycles. The van der Waals surface area contributed by atoms with Crippen molar-refractivity contribution in [2.75, 3.05) is 5.75 Å². The first-order valence-electron chi connectivity index (χ1n) is 2.89. The van der Waals surface area contributed by atoms with E-state index in [0.717, 1.165) is 0 Å². The molecule has 0 heterocycles. The van der Waals surface area contributed by atoms with Crippen molar-refractivity contribution in [2.24, 2.45) is 0 Å². The maximum absolute atomic E-state index is 12.0. The summed E-state index contributed by atoms with van der Waals surface area (Å²) in [4.78, 5) is 0. The van der Waals surface area contributed by atoms with Gasteiger partial charge < -0.3 is 0 Å². The van der Waals surface area contributed by atoms with Crippen LogP contribution in [0.3, 0.4) is 0 Å². The molecule has 0 amide bonds. The second-order valence-electron chi connectivity index (χ2n) is 1.86. The quantitative estimate of drug-likeness (QED) is 0.621. The molecule has 0 aromatic heterocycles. The summed E-state index contributed by atoms with van der Waals surface area (Å²) in [5, 5.41) is -4.59. The molecule has 0 aromatic rings. The second-order valence-corrected chi connectivity index (χ2v) is 3.07. The average Bonchev–Trinajstić information content (AvgIpc) is 1.81. The number of halogens is 5. The Bertz CT molecular complexity index is 119. The van der Waals surface area contributed by atoms with Gasteiger partial charge >= 0.3 is 11.4 Å². The third-order valence-electron chi connectivity index (χ3n) is 0.817. The fourth-order valence-corrected chi connectivity index (χ4v) is 0.936. The van der Waals surface area contributed by atoms with Crippen LogP contribution in [0.5, 0.6) is 0 Å². The highest BCUT2D eigenvalue weighted by Gasteiger charge is 2.57. The van der Waals surface area contributed by atoms with Gasteiger partial charge in [0.05, 0.1) is 0 Å². The molecular formula is C5H7F5S. The first-order valence-corrected chi connectivity index (χ1v) is 3.88. The van der Waals surface area contributed by atoms with Crippen molar-refractivity contribution >= 4 is 11.8 Å². The van der Waals surface area contributed by atoms with Gasteiger partial charge in [0.15, 0.2) is 0 Å². The standard InChI is InChI=1S/C5H7F5S/c1-2-3-11-5(9,10)4(6,7)8/h2-3H2,1H3. The van der Waals surface area contributed by atoms with E-state index in [9.17, 15) is 22.0 Å². The van der Waals surface area contributed by atoms with Gasteiger partial charge in [-0.25, -0.2) is 0 Å². The van der Waals surface area contributed by atoms with Crippen molar-refractivity contribution in [3.05, 3.63) is 0 Å². The minimum Gasteiger partial charge on any atom is -0.184 e. The van der Waals surface area contributed by atoms with Gasteiger partial charge in [0, 0.05) is 0 Å². The maximum atomic E-state index is 12.0. The smallest absolute Gasteiger partial charge is 0.184 e. The van der Waals surface area contributed by atoms with Crippen molar-refractivity contribution in [1.82, 2.24) is 0 Å². The van der Waals surface area contributed by atoms with Gasteiger partial charge in [-0.2, -0.15) is 22.0 Å². The van der Waals surface area contributed by atoms with Crippen LogP contribution in [0.2, 0.25) is 0 Å². The predicted molar refractivity (Wildman–Crippen MR) is 33.8 cm³/mol. The molecule has 0 aliphatic rings. The van der Waals surface area contributed by atoms with Gasteiger partial charge in [-0.05, 0) is 12.2 Å². The zero-order chi connectivity index (χ0) is 9.12. The minimum absolute atomic E-state index is 0.188. The van der Waals surface area contributed by atoms with Gasteiger partial charge in [0.25, 0.3) is 0 Å². The Kier molecular flexibility index (Phi) is 3.60. The van der Waals surface area contributed by atoms with Crippen LogP contribution in [0.1, 0.15) is 13.3 Å². The Balaban J connectivity index is 4.00. The highest BCUT2D eigenvalue weighted by Crippen LogP contribution is 2.44. The molecule has 0 fully saturated rings. The first kappa shape index (κ1) is 11.0. The zero-order valence-corrected chi connectivity index (χ0v) is 6.53. The van der Waals surface area contributed by atoms with Crippen LogP contribution in [0.25, 0.3) is 0 Å². The van der Waals surface area contributed by atoms with Crippen LogP contribution in [0, 0.1) is 0 Å². The fraction of sp³-hybridized carbons (Fsp3) is 1.00. The monoisotopic (exact) mass is 194 g/mol. The van der Waals surface area contributed by atoms with Gasteiger partial charge in [0.2, 0.25) is 0 Å². The van der Waals surface area contributed by atoms with Crippen molar-refractivity contribution < 1.29 is 22.0 Å². The number of rotatable bonds is 3. The molecule has 0 rings (SSSR count). The number of hydrogen-bond acceptors (Lipinski definition) is 1. The van der Waals surface area contributed by atoms with Crippen LogP contribution in [-0.4, -0.2) is 17.2 Å². The predicted octanol–water partition coefficient (Wildman–Crippen LogP) is 3.28. The molecule has 0 spiro atoms. The minimum atomic E-state index is -5.42. The summed E-state index contributed by atoms with van der Waals surface area (Å²) >= 11 is -0.373. The van der Waals surface area contributed by atoms with E-state index in [2.05, 4.69) is 0 Å². The number of alkyl halides is 5. The van der Waals surface area contributed by atoms with E-state index in [0.29, 0.717) is 6.42 Å². The molecule has 0 bridgehead atoms. The van der Waals surface area contributed by atoms with Crippen molar-refractivity contribution in [3.63, 3.8) is 0 Å². The van der Waals surface area contributed by atoms with Crippen molar-refractivity contribution in [2.45, 2.75) is 24.8 Å². The summed E-state index contributed by atoms with van der Waals surface area (Å²) in [5.74, 6) is -0.188. The zero-order valence-electron chi connectivity index (χ0n) is 5.71. The van der Waals surface area contributed by atoms with Gasteiger partial charge in [0.1, 0.15) is 0 Å². The molecule has 0 atom stereocenters. The maximum Gasteiger partial charge on any atom is 0.464 e. The van der Waals surface area contributed by atoms with E-state index in [1.54, 1.807) is 6.92 Å². The van der Waals surface area contributed by atoms with E-state index in [1.165, 1.54) is 0 Å². The molecule has 11 heavy (non-hydrogen) atoms. The lowest BCUT2D eigenvalue weighted by Crippen LogP contribution is -2.33. The lowest BCUT2D eigenvalue weighted by Gasteiger charge is -2.17. The van der Waals surface area contributed by atoms with Crippen molar-refractivity contribution in [3.8, 4) is 0 Å². The molecule has 0 nitrogen and oxygen atoms in total. The third-order valence-corrected chi connectivity index (χ3v) is 2.02. The number of thioether (sulfide) groups is 1. The molecule has 0 radical (unpaired) electrons. The fourth-order valence-electron chi connectivity index (χ4n) is 0.312. The molecule has 0 aromatic carbocycles. The summed E-state index contributed by atoms with van der Waals surface area (Å²) in [6.45, 7) is 1.54. The van der Waals surface area contributed by atoms with Gasteiger partial charge in [-0.15, -0.1) is 0 Å². The van der Waals surface area contributed by atoms with E-state index in [4.69, 9.17) is 0 Å². The normalized spacial score (nSPS) is 13.6. The Labute approximate surface area is 65.1 Å². The van der Waals surface area contributed by atoms with Gasteiger partial charge in [-0.3, -0.25) is 0 Å². The summed E-state index contributed by atoms with van der Waals surface area (Å²) in [5.41, 5.74) is 0. The van der Waals surface area contributed by atoms with Crippen LogP contribution < -0.4 is 0 Å². The van der Waals surface area contributed by atoms with Crippen LogP contribution >= 0.6 is 11.8 Å². The van der Waals surface area contributed by atoms with Crippen LogP contribution in [0.15, 0.2) is 0 Å². The molecule has 0 N–H and O–H groups in total. The molecule has 0 aliphatic heterocycles. The number of hydrogen-bond donors (Lipinski definition) is 0. The third kappa shape index (κ3) is 3.27. The Morgan fingerprint density at radius 3 is 1.82 bits per heavy atom. The molecule has 68 valence electrons. The van der Waals surface area contributed by atoms with Crippen molar-refractivity contribution in [1.29, 1.82) is 0 Å². The van der Waals surface area contributed by atoms with E-state index in [-0.39, 0.29) is 17.5 Å². The van der Waals surface area contributed by atoms with E-state index < -0.39 is 11.4 Å². The Morgan fingerprint density at radius 2 is 1.55 bits per heavy atom. The lowest BCUT2D eigenvalue weighted by atomic mass is 10.6. The molecule has 0 aliphatic carbocycles. The molecule has 6 heteroatoms. The SMILES string of the molecule is CCCSC(F)(F)C(F)(F)F. The van der Waals surface area contributed by atoms with E-state index >= 15 is 0 Å². The lowest BCUT2D eigenvalue weighted by molar-refractivity contribution is -0.237. The summed E-state index contributed by atoms with van der Waals surface area (Å²) < 4.78 is 58.1. The summed E-state index contributed by atoms with van der Waals surface area (Å²) in [6, 6.07) is 0. The van der Waals surface area contributed by atoms with Gasteiger partial charge in [-0.1, -0.05) is 18.7 Å². The largest absolute Gasteiger partial charge is 0.464 e. The Hall–Kier alpha value is -0.0000000000000000555. The van der Waals surface area contributed by atoms with Crippen LogP contribution in [-0.2, 0) is 0 Å². The highest BCUT2D eigenvalue weighted by atomic mass is 32.2. The summed E-state index contributed by atoms with van der Waals surface area (Å²) in [7, 11) is 0. The van der Waals surface area contributed by atoms with Crippen LogP contribution in [0.4, 0.5) is 22.0 Å². The molecule has 0 unspecified atom stereocenters. The van der Waals surface area contributed by atoms with E-state index in [1.807, 2.05) is 0 Å². The highest BCUT2D eigenvalue weighted by molar-refractivity contribution is 8.00. The molecular weight excluding hydrogens is 187 g/mol. The average molecular weight is 194 g/mol.